The number of ketones is 1. The molecule has 1 aromatic heterocycles. The quantitative estimate of drug-likeness (QED) is 0.522. The van der Waals surface area contributed by atoms with E-state index in [9.17, 15) is 4.79 Å². The highest BCUT2D eigenvalue weighted by atomic mass is 16.5. The van der Waals surface area contributed by atoms with E-state index in [1.807, 2.05) is 13.0 Å². The molecule has 0 amide bonds. The molecule has 0 fully saturated rings. The van der Waals surface area contributed by atoms with E-state index in [1.165, 1.54) is 0 Å². The molecule has 0 aromatic carbocycles. The van der Waals surface area contributed by atoms with E-state index >= 15 is 0 Å². The van der Waals surface area contributed by atoms with Crippen molar-refractivity contribution < 1.29 is 14.3 Å². The maximum atomic E-state index is 11.6. The van der Waals surface area contributed by atoms with Gasteiger partial charge >= 0.3 is 0 Å². The van der Waals surface area contributed by atoms with Crippen LogP contribution < -0.4 is 0 Å². The Hall–Kier alpha value is -1.26. The minimum atomic E-state index is -0.0447. The van der Waals surface area contributed by atoms with Gasteiger partial charge in [0.1, 0.15) is 6.61 Å². The number of hydrogen-bond acceptors (Lipinski definition) is 4. The van der Waals surface area contributed by atoms with Gasteiger partial charge in [0.25, 0.3) is 0 Å². The van der Waals surface area contributed by atoms with Gasteiger partial charge in [-0.25, -0.2) is 0 Å². The summed E-state index contributed by atoms with van der Waals surface area (Å²) in [5.41, 5.74) is 1.54. The summed E-state index contributed by atoms with van der Waals surface area (Å²) in [5.74, 6) is -0.0447. The highest BCUT2D eigenvalue weighted by Gasteiger charge is 2.08. The van der Waals surface area contributed by atoms with Crippen LogP contribution in [0.15, 0.2) is 18.5 Å². The van der Waals surface area contributed by atoms with Gasteiger partial charge in [-0.15, -0.1) is 0 Å². The van der Waals surface area contributed by atoms with Gasteiger partial charge in [0, 0.05) is 25.1 Å². The second-order valence-corrected chi connectivity index (χ2v) is 3.16. The van der Waals surface area contributed by atoms with Gasteiger partial charge in [-0.1, -0.05) is 0 Å². The van der Waals surface area contributed by atoms with E-state index in [-0.39, 0.29) is 12.4 Å². The number of aryl methyl sites for hydroxylation is 1. The fourth-order valence-corrected chi connectivity index (χ4v) is 1.14. The van der Waals surface area contributed by atoms with E-state index < -0.39 is 0 Å². The normalized spacial score (nSPS) is 10.3. The van der Waals surface area contributed by atoms with Crippen LogP contribution >= 0.6 is 0 Å². The van der Waals surface area contributed by atoms with Crippen LogP contribution in [0.5, 0.6) is 0 Å². The van der Waals surface area contributed by atoms with Crippen LogP contribution in [0.2, 0.25) is 0 Å². The van der Waals surface area contributed by atoms with Crippen LogP contribution in [0.3, 0.4) is 0 Å². The standard InChI is InChI=1S/C11H15NO3/c1-9-3-4-12-7-10(9)11(13)8-15-6-5-14-2/h3-4,7H,5-6,8H2,1-2H3. The van der Waals surface area contributed by atoms with Gasteiger partial charge in [-0.3, -0.25) is 9.78 Å². The van der Waals surface area contributed by atoms with Gasteiger partial charge in [0.05, 0.1) is 13.2 Å². The second-order valence-electron chi connectivity index (χ2n) is 3.16. The molecule has 0 aliphatic carbocycles. The lowest BCUT2D eigenvalue weighted by Gasteiger charge is -2.04. The molecule has 15 heavy (non-hydrogen) atoms. The Bertz CT molecular complexity index is 325. The summed E-state index contributed by atoms with van der Waals surface area (Å²) in [6.45, 7) is 2.89. The Kier molecular flexibility index (Phi) is 4.93. The van der Waals surface area contributed by atoms with Crippen LogP contribution in [0.25, 0.3) is 0 Å². The first-order valence-corrected chi connectivity index (χ1v) is 4.76. The minimum absolute atomic E-state index is 0.0447. The highest BCUT2D eigenvalue weighted by molar-refractivity contribution is 5.98. The van der Waals surface area contributed by atoms with Crippen LogP contribution in [0.1, 0.15) is 15.9 Å². The maximum absolute atomic E-state index is 11.6. The molecule has 4 heteroatoms. The Morgan fingerprint density at radius 3 is 2.93 bits per heavy atom. The van der Waals surface area contributed by atoms with E-state index in [0.717, 1.165) is 5.56 Å². The first-order valence-electron chi connectivity index (χ1n) is 4.76. The Morgan fingerprint density at radius 1 is 1.47 bits per heavy atom. The molecule has 0 saturated heterocycles. The number of hydrogen-bond donors (Lipinski definition) is 0. The van der Waals surface area contributed by atoms with Crippen molar-refractivity contribution in [1.29, 1.82) is 0 Å². The zero-order chi connectivity index (χ0) is 11.1. The molecule has 0 aliphatic heterocycles. The lowest BCUT2D eigenvalue weighted by Crippen LogP contribution is -2.13. The third kappa shape index (κ3) is 3.77. The molecular formula is C11H15NO3. The van der Waals surface area contributed by atoms with Gasteiger partial charge in [0.2, 0.25) is 0 Å². The smallest absolute Gasteiger partial charge is 0.190 e. The number of aromatic nitrogens is 1. The third-order valence-electron chi connectivity index (χ3n) is 2.00. The van der Waals surface area contributed by atoms with Crippen molar-refractivity contribution in [2.75, 3.05) is 26.9 Å². The summed E-state index contributed by atoms with van der Waals surface area (Å²) in [6, 6.07) is 1.81. The van der Waals surface area contributed by atoms with Gasteiger partial charge < -0.3 is 9.47 Å². The number of methoxy groups -OCH3 is 1. The van der Waals surface area contributed by atoms with Crippen molar-refractivity contribution in [3.63, 3.8) is 0 Å². The first kappa shape index (κ1) is 11.8. The monoisotopic (exact) mass is 209 g/mol. The zero-order valence-corrected chi connectivity index (χ0v) is 9.03. The molecule has 0 unspecified atom stereocenters. The SMILES string of the molecule is COCCOCC(=O)c1cnccc1C. The summed E-state index contributed by atoms with van der Waals surface area (Å²) in [6.07, 6.45) is 3.23. The average Bonchev–Trinajstić information content (AvgIpc) is 2.25. The zero-order valence-electron chi connectivity index (χ0n) is 9.03. The first-order chi connectivity index (χ1) is 7.25. The minimum Gasteiger partial charge on any atom is -0.382 e. The molecule has 4 nitrogen and oxygen atoms in total. The summed E-state index contributed by atoms with van der Waals surface area (Å²) in [5, 5.41) is 0. The molecule has 0 N–H and O–H groups in total. The molecule has 0 atom stereocenters. The third-order valence-corrected chi connectivity index (χ3v) is 2.00. The van der Waals surface area contributed by atoms with Crippen molar-refractivity contribution in [2.45, 2.75) is 6.92 Å². The molecule has 1 rings (SSSR count). The van der Waals surface area contributed by atoms with Crippen molar-refractivity contribution in [1.82, 2.24) is 4.98 Å². The van der Waals surface area contributed by atoms with Gasteiger partial charge in [0.15, 0.2) is 5.78 Å². The predicted molar refractivity (Wildman–Crippen MR) is 56.0 cm³/mol. The average molecular weight is 209 g/mol. The number of carbonyl (C=O) groups is 1. The lowest BCUT2D eigenvalue weighted by atomic mass is 10.1. The largest absolute Gasteiger partial charge is 0.382 e. The van der Waals surface area contributed by atoms with E-state index in [1.54, 1.807) is 19.5 Å². The van der Waals surface area contributed by atoms with Gasteiger partial charge in [-0.05, 0) is 18.6 Å². The number of carbonyl (C=O) groups excluding carboxylic acids is 1. The van der Waals surface area contributed by atoms with Crippen LogP contribution in [0.4, 0.5) is 0 Å². The van der Waals surface area contributed by atoms with Crippen LogP contribution in [-0.4, -0.2) is 37.7 Å². The Labute approximate surface area is 89.2 Å². The van der Waals surface area contributed by atoms with Crippen LogP contribution in [0, 0.1) is 6.92 Å². The van der Waals surface area contributed by atoms with Crippen molar-refractivity contribution in [3.05, 3.63) is 29.6 Å². The molecule has 0 saturated carbocycles. The summed E-state index contributed by atoms with van der Waals surface area (Å²) in [4.78, 5) is 15.5. The van der Waals surface area contributed by atoms with Gasteiger partial charge in [-0.2, -0.15) is 0 Å². The van der Waals surface area contributed by atoms with Crippen molar-refractivity contribution in [3.8, 4) is 0 Å². The van der Waals surface area contributed by atoms with Crippen molar-refractivity contribution in [2.24, 2.45) is 0 Å². The summed E-state index contributed by atoms with van der Waals surface area (Å²) in [7, 11) is 1.59. The number of rotatable bonds is 6. The van der Waals surface area contributed by atoms with Crippen LogP contribution in [-0.2, 0) is 9.47 Å². The molecule has 1 aromatic rings. The maximum Gasteiger partial charge on any atom is 0.190 e. The number of Topliss-reactive ketones (excluding diaryl/α,β-unsaturated/α-hetero) is 1. The molecule has 0 radical (unpaired) electrons. The van der Waals surface area contributed by atoms with E-state index in [2.05, 4.69) is 4.98 Å². The molecule has 0 aliphatic rings. The Morgan fingerprint density at radius 2 is 2.27 bits per heavy atom. The van der Waals surface area contributed by atoms with E-state index in [4.69, 9.17) is 9.47 Å². The molecule has 82 valence electrons. The highest BCUT2D eigenvalue weighted by Crippen LogP contribution is 2.05. The second kappa shape index (κ2) is 6.27. The van der Waals surface area contributed by atoms with E-state index in [0.29, 0.717) is 18.8 Å². The number of ether oxygens (including phenoxy) is 2. The molecular weight excluding hydrogens is 194 g/mol. The predicted octanol–water partition coefficient (Wildman–Crippen LogP) is 1.24. The topological polar surface area (TPSA) is 48.4 Å². The molecule has 1 heterocycles. The molecule has 0 spiro atoms. The molecule has 0 bridgehead atoms. The lowest BCUT2D eigenvalue weighted by molar-refractivity contribution is 0.0576. The number of pyridine rings is 1. The Balaban J connectivity index is 2.44. The summed E-state index contributed by atoms with van der Waals surface area (Å²) < 4.78 is 9.95. The fourth-order valence-electron chi connectivity index (χ4n) is 1.14. The fraction of sp³-hybridized carbons (Fsp3) is 0.455. The van der Waals surface area contributed by atoms with Crippen molar-refractivity contribution >= 4 is 5.78 Å². The summed E-state index contributed by atoms with van der Waals surface area (Å²) >= 11 is 0. The number of nitrogens with zero attached hydrogens (tertiary/aromatic N) is 1.